The van der Waals surface area contributed by atoms with E-state index >= 15 is 0 Å². The Morgan fingerprint density at radius 2 is 2.05 bits per heavy atom. The number of nitrogens with zero attached hydrogens (tertiary/aromatic N) is 1. The fourth-order valence-corrected chi connectivity index (χ4v) is 3.38. The van der Waals surface area contributed by atoms with Crippen molar-refractivity contribution in [3.63, 3.8) is 0 Å². The van der Waals surface area contributed by atoms with Crippen LogP contribution >= 0.6 is 11.3 Å². The molecule has 1 aromatic heterocycles. The molecule has 2 aromatic rings. The van der Waals surface area contributed by atoms with Gasteiger partial charge in [-0.3, -0.25) is 4.79 Å². The van der Waals surface area contributed by atoms with Crippen molar-refractivity contribution in [3.8, 4) is 0 Å². The quantitative estimate of drug-likeness (QED) is 0.934. The number of hydrogen-bond donors (Lipinski definition) is 1. The number of carboxylic acid groups (broad SMARTS) is 1. The van der Waals surface area contributed by atoms with Crippen molar-refractivity contribution in [2.45, 2.75) is 24.7 Å². The van der Waals surface area contributed by atoms with Crippen LogP contribution in [0.25, 0.3) is 0 Å². The standard InChI is InChI=1S/C14H12FNO2S/c15-10-3-1-9(2-4-10)14(5-6-14)13-16-11(8-19-13)7-12(17)18/h1-4,8H,5-7H2,(H,17,18). The summed E-state index contributed by atoms with van der Waals surface area (Å²) in [5.74, 6) is -1.12. The number of halogens is 1. The van der Waals surface area contributed by atoms with Crippen molar-refractivity contribution in [3.05, 3.63) is 51.7 Å². The SMILES string of the molecule is O=C(O)Cc1csc(C2(c3ccc(F)cc3)CC2)n1. The second-order valence-corrected chi connectivity index (χ2v) is 5.66. The number of aliphatic carboxylic acids is 1. The minimum atomic E-state index is -0.872. The van der Waals surface area contributed by atoms with Crippen LogP contribution in [0, 0.1) is 5.82 Å². The van der Waals surface area contributed by atoms with Crippen LogP contribution in [-0.4, -0.2) is 16.1 Å². The van der Waals surface area contributed by atoms with Gasteiger partial charge in [0.2, 0.25) is 0 Å². The highest BCUT2D eigenvalue weighted by Gasteiger charge is 2.48. The second-order valence-electron chi connectivity index (χ2n) is 4.80. The van der Waals surface area contributed by atoms with Gasteiger partial charge in [0, 0.05) is 10.8 Å². The van der Waals surface area contributed by atoms with Crippen molar-refractivity contribution >= 4 is 17.3 Å². The predicted octanol–water partition coefficient (Wildman–Crippen LogP) is 2.99. The number of hydrogen-bond acceptors (Lipinski definition) is 3. The van der Waals surface area contributed by atoms with E-state index in [0.717, 1.165) is 23.4 Å². The molecule has 1 heterocycles. The molecule has 19 heavy (non-hydrogen) atoms. The molecule has 0 saturated heterocycles. The molecule has 1 aliphatic carbocycles. The van der Waals surface area contributed by atoms with E-state index in [0.29, 0.717) is 5.69 Å². The molecule has 3 nitrogen and oxygen atoms in total. The zero-order valence-corrected chi connectivity index (χ0v) is 10.9. The molecule has 0 radical (unpaired) electrons. The Bertz CT molecular complexity index is 617. The summed E-state index contributed by atoms with van der Waals surface area (Å²) >= 11 is 1.49. The monoisotopic (exact) mass is 277 g/mol. The van der Waals surface area contributed by atoms with Gasteiger partial charge in [0.15, 0.2) is 0 Å². The average molecular weight is 277 g/mol. The molecule has 0 bridgehead atoms. The van der Waals surface area contributed by atoms with Gasteiger partial charge in [-0.05, 0) is 30.5 Å². The van der Waals surface area contributed by atoms with Crippen molar-refractivity contribution in [1.82, 2.24) is 4.98 Å². The highest BCUT2D eigenvalue weighted by atomic mass is 32.1. The van der Waals surface area contributed by atoms with E-state index < -0.39 is 5.97 Å². The lowest BCUT2D eigenvalue weighted by molar-refractivity contribution is -0.136. The summed E-state index contributed by atoms with van der Waals surface area (Å²) in [7, 11) is 0. The summed E-state index contributed by atoms with van der Waals surface area (Å²) in [4.78, 5) is 15.1. The van der Waals surface area contributed by atoms with Crippen LogP contribution < -0.4 is 0 Å². The summed E-state index contributed by atoms with van der Waals surface area (Å²) in [5.41, 5.74) is 1.54. The Hall–Kier alpha value is -1.75. The third-order valence-electron chi connectivity index (χ3n) is 3.44. The van der Waals surface area contributed by atoms with Crippen LogP contribution in [-0.2, 0) is 16.6 Å². The summed E-state index contributed by atoms with van der Waals surface area (Å²) in [5, 5.41) is 11.5. The molecule has 1 fully saturated rings. The molecule has 0 atom stereocenters. The Labute approximate surface area is 113 Å². The summed E-state index contributed by atoms with van der Waals surface area (Å²) < 4.78 is 13.0. The van der Waals surface area contributed by atoms with Crippen LogP contribution in [0.4, 0.5) is 4.39 Å². The van der Waals surface area contributed by atoms with Crippen molar-refractivity contribution in [2.75, 3.05) is 0 Å². The number of thiazole rings is 1. The summed E-state index contributed by atoms with van der Waals surface area (Å²) in [6.45, 7) is 0. The molecule has 0 unspecified atom stereocenters. The Kier molecular flexibility index (Phi) is 2.86. The smallest absolute Gasteiger partial charge is 0.309 e. The molecule has 1 aliphatic rings. The lowest BCUT2D eigenvalue weighted by Gasteiger charge is -2.12. The maximum absolute atomic E-state index is 13.0. The average Bonchev–Trinajstić information content (AvgIpc) is 3.05. The minimum Gasteiger partial charge on any atom is -0.481 e. The zero-order valence-electron chi connectivity index (χ0n) is 10.1. The van der Waals surface area contributed by atoms with Gasteiger partial charge in [-0.1, -0.05) is 12.1 Å². The normalized spacial score (nSPS) is 16.3. The molecule has 1 N–H and O–H groups in total. The fourth-order valence-electron chi connectivity index (χ4n) is 2.28. The van der Waals surface area contributed by atoms with E-state index in [4.69, 9.17) is 5.11 Å². The van der Waals surface area contributed by atoms with Crippen molar-refractivity contribution in [2.24, 2.45) is 0 Å². The van der Waals surface area contributed by atoms with Gasteiger partial charge in [-0.25, -0.2) is 9.37 Å². The van der Waals surface area contributed by atoms with Crippen LogP contribution in [0.3, 0.4) is 0 Å². The first kappa shape index (κ1) is 12.3. The molecule has 0 aliphatic heterocycles. The van der Waals surface area contributed by atoms with Gasteiger partial charge < -0.3 is 5.11 Å². The first-order valence-corrected chi connectivity index (χ1v) is 6.91. The highest BCUT2D eigenvalue weighted by molar-refractivity contribution is 7.09. The number of carboxylic acids is 1. The van der Waals surface area contributed by atoms with Gasteiger partial charge in [0.1, 0.15) is 10.8 Å². The second kappa shape index (κ2) is 4.42. The number of rotatable bonds is 4. The number of benzene rings is 1. The van der Waals surface area contributed by atoms with E-state index in [1.807, 2.05) is 0 Å². The molecule has 3 rings (SSSR count). The van der Waals surface area contributed by atoms with Crippen LogP contribution in [0.5, 0.6) is 0 Å². The first-order valence-electron chi connectivity index (χ1n) is 6.03. The van der Waals surface area contributed by atoms with Crippen molar-refractivity contribution in [1.29, 1.82) is 0 Å². The Morgan fingerprint density at radius 1 is 1.37 bits per heavy atom. The first-order chi connectivity index (χ1) is 9.10. The molecule has 0 spiro atoms. The van der Waals surface area contributed by atoms with Crippen molar-refractivity contribution < 1.29 is 14.3 Å². The predicted molar refractivity (Wildman–Crippen MR) is 69.9 cm³/mol. The summed E-state index contributed by atoms with van der Waals surface area (Å²) in [6, 6.07) is 6.50. The molecule has 1 saturated carbocycles. The highest BCUT2D eigenvalue weighted by Crippen LogP contribution is 2.54. The third kappa shape index (κ3) is 2.26. The van der Waals surface area contributed by atoms with Gasteiger partial charge in [-0.2, -0.15) is 0 Å². The van der Waals surface area contributed by atoms with Crippen LogP contribution in [0.1, 0.15) is 29.1 Å². The van der Waals surface area contributed by atoms with E-state index in [1.54, 1.807) is 17.5 Å². The van der Waals surface area contributed by atoms with E-state index in [2.05, 4.69) is 4.98 Å². The van der Waals surface area contributed by atoms with Gasteiger partial charge in [0.25, 0.3) is 0 Å². The fraction of sp³-hybridized carbons (Fsp3) is 0.286. The maximum atomic E-state index is 13.0. The minimum absolute atomic E-state index is 0.0456. The molecular weight excluding hydrogens is 265 g/mol. The zero-order chi connectivity index (χ0) is 13.5. The maximum Gasteiger partial charge on any atom is 0.309 e. The van der Waals surface area contributed by atoms with E-state index in [9.17, 15) is 9.18 Å². The molecule has 98 valence electrons. The van der Waals surface area contributed by atoms with Crippen LogP contribution in [0.2, 0.25) is 0 Å². The van der Waals surface area contributed by atoms with Gasteiger partial charge in [-0.15, -0.1) is 11.3 Å². The molecule has 0 amide bonds. The molecule has 1 aromatic carbocycles. The van der Waals surface area contributed by atoms with Gasteiger partial charge >= 0.3 is 5.97 Å². The van der Waals surface area contributed by atoms with Crippen LogP contribution in [0.15, 0.2) is 29.6 Å². The van der Waals surface area contributed by atoms with E-state index in [-0.39, 0.29) is 17.7 Å². The number of carbonyl (C=O) groups is 1. The Balaban J connectivity index is 1.90. The summed E-state index contributed by atoms with van der Waals surface area (Å²) in [6.07, 6.45) is 1.92. The topological polar surface area (TPSA) is 50.2 Å². The Morgan fingerprint density at radius 3 is 2.63 bits per heavy atom. The van der Waals surface area contributed by atoms with Gasteiger partial charge in [0.05, 0.1) is 12.1 Å². The largest absolute Gasteiger partial charge is 0.481 e. The van der Waals surface area contributed by atoms with E-state index in [1.165, 1.54) is 23.5 Å². The third-order valence-corrected chi connectivity index (χ3v) is 4.54. The number of aromatic nitrogens is 1. The lowest BCUT2D eigenvalue weighted by Crippen LogP contribution is -2.09. The molecule has 5 heteroatoms. The lowest BCUT2D eigenvalue weighted by atomic mass is 9.97. The molecular formula is C14H12FNO2S.